The molecule has 4 heteroatoms. The van der Waals surface area contributed by atoms with Crippen molar-refractivity contribution >= 4 is 16.5 Å². The number of nitrogens with zero attached hydrogens (tertiary/aromatic N) is 1. The number of anilines is 1. The van der Waals surface area contributed by atoms with E-state index < -0.39 is 0 Å². The average Bonchev–Trinajstić information content (AvgIpc) is 2.65. The zero-order valence-corrected chi connectivity index (χ0v) is 15.3. The third-order valence-electron chi connectivity index (χ3n) is 4.34. The lowest BCUT2D eigenvalue weighted by molar-refractivity contribution is 0.355. The van der Waals surface area contributed by atoms with Gasteiger partial charge >= 0.3 is 0 Å². The van der Waals surface area contributed by atoms with Gasteiger partial charge in [-0.3, -0.25) is 0 Å². The van der Waals surface area contributed by atoms with Gasteiger partial charge in [-0.1, -0.05) is 18.2 Å². The number of hydrogen-bond acceptors (Lipinski definition) is 4. The fourth-order valence-corrected chi connectivity index (χ4v) is 2.97. The van der Waals surface area contributed by atoms with E-state index in [0.29, 0.717) is 0 Å². The summed E-state index contributed by atoms with van der Waals surface area (Å²) in [6.45, 7) is 0. The van der Waals surface area contributed by atoms with Crippen molar-refractivity contribution in [1.29, 1.82) is 0 Å². The molecule has 0 radical (unpaired) electrons. The molecule has 0 aliphatic carbocycles. The van der Waals surface area contributed by atoms with Crippen molar-refractivity contribution in [1.82, 2.24) is 0 Å². The van der Waals surface area contributed by atoms with E-state index in [1.807, 2.05) is 32.3 Å². The van der Waals surface area contributed by atoms with Gasteiger partial charge in [0, 0.05) is 14.1 Å². The third kappa shape index (κ3) is 3.20. The number of methoxy groups -OCH3 is 3. The minimum Gasteiger partial charge on any atom is -0.495 e. The first-order chi connectivity index (χ1) is 12.1. The van der Waals surface area contributed by atoms with E-state index in [-0.39, 0.29) is 0 Å². The van der Waals surface area contributed by atoms with Gasteiger partial charge in [0.2, 0.25) is 0 Å². The Balaban J connectivity index is 2.11. The Hall–Kier alpha value is -2.88. The van der Waals surface area contributed by atoms with Gasteiger partial charge in [-0.05, 0) is 52.2 Å². The highest BCUT2D eigenvalue weighted by Crippen LogP contribution is 2.36. The molecule has 3 aromatic rings. The molecule has 3 aromatic carbocycles. The summed E-state index contributed by atoms with van der Waals surface area (Å²) in [7, 11) is 9.02. The van der Waals surface area contributed by atoms with Crippen molar-refractivity contribution < 1.29 is 14.2 Å². The highest BCUT2D eigenvalue weighted by molar-refractivity contribution is 5.92. The van der Waals surface area contributed by atoms with E-state index in [1.165, 1.54) is 5.39 Å². The summed E-state index contributed by atoms with van der Waals surface area (Å²) in [4.78, 5) is 2.06. The molecule has 25 heavy (non-hydrogen) atoms. The molecular formula is C21H23NO3. The Bertz CT molecular complexity index is 903. The fourth-order valence-electron chi connectivity index (χ4n) is 2.97. The number of benzene rings is 3. The molecule has 0 bridgehead atoms. The Labute approximate surface area is 148 Å². The van der Waals surface area contributed by atoms with Crippen LogP contribution in [0.4, 0.5) is 5.69 Å². The summed E-state index contributed by atoms with van der Waals surface area (Å²) in [5, 5.41) is 2.31. The van der Waals surface area contributed by atoms with Gasteiger partial charge in [0.15, 0.2) is 11.5 Å². The molecular weight excluding hydrogens is 314 g/mol. The molecule has 0 N–H and O–H groups in total. The largest absolute Gasteiger partial charge is 0.495 e. The molecule has 130 valence electrons. The Morgan fingerprint density at radius 3 is 1.88 bits per heavy atom. The van der Waals surface area contributed by atoms with Gasteiger partial charge in [0.25, 0.3) is 0 Å². The number of fused-ring (bicyclic) bond motifs is 1. The van der Waals surface area contributed by atoms with E-state index in [0.717, 1.165) is 39.4 Å². The summed E-state index contributed by atoms with van der Waals surface area (Å²) in [5.74, 6) is 2.31. The average molecular weight is 337 g/mol. The van der Waals surface area contributed by atoms with Gasteiger partial charge < -0.3 is 19.1 Å². The summed E-state index contributed by atoms with van der Waals surface area (Å²) in [6, 6.07) is 16.6. The van der Waals surface area contributed by atoms with Crippen molar-refractivity contribution in [3.63, 3.8) is 0 Å². The molecule has 0 aliphatic rings. The van der Waals surface area contributed by atoms with E-state index in [9.17, 15) is 0 Å². The van der Waals surface area contributed by atoms with E-state index >= 15 is 0 Å². The molecule has 0 saturated heterocycles. The number of rotatable bonds is 5. The monoisotopic (exact) mass is 337 g/mol. The van der Waals surface area contributed by atoms with Crippen LogP contribution in [0, 0.1) is 0 Å². The maximum atomic E-state index is 5.55. The van der Waals surface area contributed by atoms with Crippen LogP contribution in [-0.2, 0) is 0 Å². The van der Waals surface area contributed by atoms with E-state index in [1.54, 1.807) is 21.3 Å². The van der Waals surface area contributed by atoms with Crippen LogP contribution in [0.25, 0.3) is 21.9 Å². The van der Waals surface area contributed by atoms with Gasteiger partial charge in [0.05, 0.1) is 27.0 Å². The van der Waals surface area contributed by atoms with Crippen molar-refractivity contribution in [2.45, 2.75) is 0 Å². The second-order valence-electron chi connectivity index (χ2n) is 6.05. The molecule has 0 unspecified atom stereocenters. The van der Waals surface area contributed by atoms with Crippen molar-refractivity contribution in [2.24, 2.45) is 0 Å². The SMILES string of the molecule is COc1ccc(-c2ccc3cc(N(C)C)c(OC)cc3c2)cc1OC. The zero-order valence-electron chi connectivity index (χ0n) is 15.3. The Morgan fingerprint density at radius 1 is 0.600 bits per heavy atom. The van der Waals surface area contributed by atoms with Gasteiger partial charge in [-0.15, -0.1) is 0 Å². The van der Waals surface area contributed by atoms with Crippen LogP contribution < -0.4 is 19.1 Å². The van der Waals surface area contributed by atoms with E-state index in [4.69, 9.17) is 14.2 Å². The van der Waals surface area contributed by atoms with Crippen molar-refractivity contribution in [2.75, 3.05) is 40.3 Å². The lowest BCUT2D eigenvalue weighted by atomic mass is 10.00. The molecule has 0 amide bonds. The van der Waals surface area contributed by atoms with Gasteiger partial charge in [0.1, 0.15) is 5.75 Å². The van der Waals surface area contributed by atoms with Crippen LogP contribution in [0.15, 0.2) is 48.5 Å². The summed E-state index contributed by atoms with van der Waals surface area (Å²) < 4.78 is 16.3. The Morgan fingerprint density at radius 2 is 1.24 bits per heavy atom. The summed E-state index contributed by atoms with van der Waals surface area (Å²) >= 11 is 0. The van der Waals surface area contributed by atoms with Gasteiger partial charge in [-0.25, -0.2) is 0 Å². The summed E-state index contributed by atoms with van der Waals surface area (Å²) in [6.07, 6.45) is 0. The standard InChI is InChI=1S/C21H23NO3/c1-22(2)18-11-15-7-6-14(10-17(15)13-20(18)24-4)16-8-9-19(23-3)21(12-16)25-5/h6-13H,1-5H3. The molecule has 3 rings (SSSR count). The molecule has 0 aliphatic heterocycles. The quantitative estimate of drug-likeness (QED) is 0.681. The molecule has 0 fully saturated rings. The topological polar surface area (TPSA) is 30.9 Å². The van der Waals surface area contributed by atoms with Crippen LogP contribution in [0.3, 0.4) is 0 Å². The lowest BCUT2D eigenvalue weighted by Gasteiger charge is -2.18. The lowest BCUT2D eigenvalue weighted by Crippen LogP contribution is -2.10. The second kappa shape index (κ2) is 6.93. The highest BCUT2D eigenvalue weighted by Gasteiger charge is 2.10. The second-order valence-corrected chi connectivity index (χ2v) is 6.05. The Kier molecular flexibility index (Phi) is 4.70. The van der Waals surface area contributed by atoms with Crippen LogP contribution in [0.1, 0.15) is 0 Å². The minimum atomic E-state index is 0.723. The highest BCUT2D eigenvalue weighted by atomic mass is 16.5. The van der Waals surface area contributed by atoms with E-state index in [2.05, 4.69) is 35.2 Å². The smallest absolute Gasteiger partial charge is 0.161 e. The molecule has 0 spiro atoms. The predicted molar refractivity (Wildman–Crippen MR) is 103 cm³/mol. The van der Waals surface area contributed by atoms with Crippen LogP contribution in [-0.4, -0.2) is 35.4 Å². The first kappa shape index (κ1) is 17.0. The third-order valence-corrected chi connectivity index (χ3v) is 4.34. The normalized spacial score (nSPS) is 10.6. The maximum absolute atomic E-state index is 5.55. The van der Waals surface area contributed by atoms with Crippen molar-refractivity contribution in [3.8, 4) is 28.4 Å². The van der Waals surface area contributed by atoms with Gasteiger partial charge in [-0.2, -0.15) is 0 Å². The first-order valence-electron chi connectivity index (χ1n) is 8.09. The van der Waals surface area contributed by atoms with Crippen LogP contribution >= 0.6 is 0 Å². The molecule has 0 atom stereocenters. The molecule has 0 aromatic heterocycles. The van der Waals surface area contributed by atoms with Crippen molar-refractivity contribution in [3.05, 3.63) is 48.5 Å². The first-order valence-corrected chi connectivity index (χ1v) is 8.09. The maximum Gasteiger partial charge on any atom is 0.161 e. The predicted octanol–water partition coefficient (Wildman–Crippen LogP) is 4.60. The zero-order chi connectivity index (χ0) is 18.0. The molecule has 0 heterocycles. The van der Waals surface area contributed by atoms with Crippen LogP contribution in [0.5, 0.6) is 17.2 Å². The summed E-state index contributed by atoms with van der Waals surface area (Å²) in [5.41, 5.74) is 3.26. The molecule has 0 saturated carbocycles. The number of ether oxygens (including phenoxy) is 3. The minimum absolute atomic E-state index is 0.723. The molecule has 4 nitrogen and oxygen atoms in total. The number of hydrogen-bond donors (Lipinski definition) is 0. The van der Waals surface area contributed by atoms with Crippen LogP contribution in [0.2, 0.25) is 0 Å². The fraction of sp³-hybridized carbons (Fsp3) is 0.238.